The SMILES string of the molecule is CC(=O)Nc1cccc(-c2ccsc2)c1. The van der Waals surface area contributed by atoms with Gasteiger partial charge in [0.2, 0.25) is 5.91 Å². The number of carbonyl (C=O) groups excluding carboxylic acids is 1. The molecule has 0 unspecified atom stereocenters. The molecule has 1 aromatic heterocycles. The number of benzene rings is 1. The van der Waals surface area contributed by atoms with E-state index in [4.69, 9.17) is 0 Å². The van der Waals surface area contributed by atoms with E-state index in [9.17, 15) is 4.79 Å². The lowest BCUT2D eigenvalue weighted by Gasteiger charge is -2.04. The molecular weight excluding hydrogens is 206 g/mol. The Hall–Kier alpha value is -1.61. The average Bonchev–Trinajstić information content (AvgIpc) is 2.69. The zero-order valence-electron chi connectivity index (χ0n) is 8.36. The minimum atomic E-state index is -0.0440. The standard InChI is InChI=1S/C12H11NOS/c1-9(14)13-12-4-2-3-10(7-12)11-5-6-15-8-11/h2-8H,1H3,(H,13,14). The van der Waals surface area contributed by atoms with Gasteiger partial charge in [0.05, 0.1) is 0 Å². The molecule has 0 aliphatic rings. The van der Waals surface area contributed by atoms with Crippen molar-refractivity contribution in [2.75, 3.05) is 5.32 Å². The number of thiophene rings is 1. The summed E-state index contributed by atoms with van der Waals surface area (Å²) in [6.07, 6.45) is 0. The normalized spacial score (nSPS) is 9.93. The summed E-state index contributed by atoms with van der Waals surface area (Å²) in [5.74, 6) is -0.0440. The summed E-state index contributed by atoms with van der Waals surface area (Å²) in [5, 5.41) is 6.90. The summed E-state index contributed by atoms with van der Waals surface area (Å²) in [7, 11) is 0. The van der Waals surface area contributed by atoms with Gasteiger partial charge >= 0.3 is 0 Å². The van der Waals surface area contributed by atoms with Crippen molar-refractivity contribution in [2.24, 2.45) is 0 Å². The Bertz CT molecular complexity index is 462. The summed E-state index contributed by atoms with van der Waals surface area (Å²) in [6.45, 7) is 1.51. The summed E-state index contributed by atoms with van der Waals surface area (Å²) in [5.41, 5.74) is 3.15. The lowest BCUT2D eigenvalue weighted by molar-refractivity contribution is -0.114. The zero-order chi connectivity index (χ0) is 10.7. The van der Waals surface area contributed by atoms with Gasteiger partial charge in [-0.15, -0.1) is 0 Å². The first-order valence-corrected chi connectivity index (χ1v) is 5.60. The van der Waals surface area contributed by atoms with Gasteiger partial charge in [-0.25, -0.2) is 0 Å². The van der Waals surface area contributed by atoms with E-state index in [1.165, 1.54) is 12.5 Å². The van der Waals surface area contributed by atoms with E-state index in [1.807, 2.05) is 29.6 Å². The maximum absolute atomic E-state index is 10.9. The van der Waals surface area contributed by atoms with Gasteiger partial charge in [0.25, 0.3) is 0 Å². The van der Waals surface area contributed by atoms with Crippen molar-refractivity contribution in [1.82, 2.24) is 0 Å². The van der Waals surface area contributed by atoms with Crippen LogP contribution in [-0.4, -0.2) is 5.91 Å². The second-order valence-corrected chi connectivity index (χ2v) is 4.05. The van der Waals surface area contributed by atoms with Crippen LogP contribution in [0.25, 0.3) is 11.1 Å². The smallest absolute Gasteiger partial charge is 0.221 e. The highest BCUT2D eigenvalue weighted by atomic mass is 32.1. The molecule has 76 valence electrons. The molecule has 0 saturated carbocycles. The maximum Gasteiger partial charge on any atom is 0.221 e. The highest BCUT2D eigenvalue weighted by Crippen LogP contribution is 2.24. The van der Waals surface area contributed by atoms with Gasteiger partial charge in [0.1, 0.15) is 0 Å². The van der Waals surface area contributed by atoms with Gasteiger partial charge in [-0.2, -0.15) is 11.3 Å². The van der Waals surface area contributed by atoms with Crippen LogP contribution in [-0.2, 0) is 4.79 Å². The first-order valence-electron chi connectivity index (χ1n) is 4.66. The number of hydrogen-bond acceptors (Lipinski definition) is 2. The predicted octanol–water partition coefficient (Wildman–Crippen LogP) is 3.37. The van der Waals surface area contributed by atoms with Gasteiger partial charge in [0.15, 0.2) is 0 Å². The minimum Gasteiger partial charge on any atom is -0.326 e. The molecule has 0 fully saturated rings. The molecule has 1 N–H and O–H groups in total. The molecule has 2 rings (SSSR count). The van der Waals surface area contributed by atoms with Gasteiger partial charge in [-0.1, -0.05) is 12.1 Å². The Morgan fingerprint density at radius 3 is 2.80 bits per heavy atom. The van der Waals surface area contributed by atoms with E-state index >= 15 is 0 Å². The summed E-state index contributed by atoms with van der Waals surface area (Å²) >= 11 is 1.67. The van der Waals surface area contributed by atoms with Crippen LogP contribution in [0.5, 0.6) is 0 Å². The molecule has 0 atom stereocenters. The van der Waals surface area contributed by atoms with Gasteiger partial charge in [-0.05, 0) is 40.1 Å². The van der Waals surface area contributed by atoms with Crippen LogP contribution < -0.4 is 5.32 Å². The summed E-state index contributed by atoms with van der Waals surface area (Å²) in [6, 6.07) is 9.91. The Balaban J connectivity index is 2.31. The van der Waals surface area contributed by atoms with Crippen molar-refractivity contribution in [3.8, 4) is 11.1 Å². The van der Waals surface area contributed by atoms with Crippen molar-refractivity contribution in [3.63, 3.8) is 0 Å². The van der Waals surface area contributed by atoms with Crippen LogP contribution in [0.3, 0.4) is 0 Å². The molecule has 0 radical (unpaired) electrons. The second-order valence-electron chi connectivity index (χ2n) is 3.27. The topological polar surface area (TPSA) is 29.1 Å². The zero-order valence-corrected chi connectivity index (χ0v) is 9.17. The van der Waals surface area contributed by atoms with Crippen molar-refractivity contribution in [2.45, 2.75) is 6.92 Å². The third-order valence-electron chi connectivity index (χ3n) is 2.04. The molecule has 3 heteroatoms. The number of carbonyl (C=O) groups is 1. The maximum atomic E-state index is 10.9. The van der Waals surface area contributed by atoms with E-state index < -0.39 is 0 Å². The molecule has 1 amide bonds. The van der Waals surface area contributed by atoms with Crippen LogP contribution in [0.1, 0.15) is 6.92 Å². The van der Waals surface area contributed by atoms with Crippen LogP contribution in [0.4, 0.5) is 5.69 Å². The minimum absolute atomic E-state index is 0.0440. The number of nitrogens with one attached hydrogen (secondary N) is 1. The summed E-state index contributed by atoms with van der Waals surface area (Å²) in [4.78, 5) is 10.9. The fourth-order valence-electron chi connectivity index (χ4n) is 1.41. The molecule has 2 aromatic rings. The van der Waals surface area contributed by atoms with Crippen LogP contribution >= 0.6 is 11.3 Å². The van der Waals surface area contributed by atoms with E-state index in [1.54, 1.807) is 11.3 Å². The van der Waals surface area contributed by atoms with Crippen molar-refractivity contribution >= 4 is 22.9 Å². The Morgan fingerprint density at radius 2 is 2.13 bits per heavy atom. The third-order valence-corrected chi connectivity index (χ3v) is 2.72. The lowest BCUT2D eigenvalue weighted by atomic mass is 10.1. The first-order chi connectivity index (χ1) is 7.25. The Labute approximate surface area is 92.6 Å². The molecular formula is C12H11NOS. The molecule has 0 bridgehead atoms. The monoisotopic (exact) mass is 217 g/mol. The molecule has 2 nitrogen and oxygen atoms in total. The van der Waals surface area contributed by atoms with Crippen molar-refractivity contribution in [3.05, 3.63) is 41.1 Å². The molecule has 1 aromatic carbocycles. The van der Waals surface area contributed by atoms with Gasteiger partial charge in [-0.3, -0.25) is 4.79 Å². The van der Waals surface area contributed by atoms with Crippen LogP contribution in [0.2, 0.25) is 0 Å². The van der Waals surface area contributed by atoms with Crippen molar-refractivity contribution < 1.29 is 4.79 Å². The molecule has 0 aliphatic heterocycles. The molecule has 1 heterocycles. The third kappa shape index (κ3) is 2.44. The van der Waals surface area contributed by atoms with Gasteiger partial charge in [0, 0.05) is 12.6 Å². The van der Waals surface area contributed by atoms with Gasteiger partial charge < -0.3 is 5.32 Å². The predicted molar refractivity (Wildman–Crippen MR) is 64.1 cm³/mol. The number of amides is 1. The number of hydrogen-bond donors (Lipinski definition) is 1. The van der Waals surface area contributed by atoms with Crippen molar-refractivity contribution in [1.29, 1.82) is 0 Å². The molecule has 0 aliphatic carbocycles. The number of anilines is 1. The lowest BCUT2D eigenvalue weighted by Crippen LogP contribution is -2.05. The Morgan fingerprint density at radius 1 is 1.27 bits per heavy atom. The molecule has 15 heavy (non-hydrogen) atoms. The molecule has 0 saturated heterocycles. The molecule has 0 spiro atoms. The highest BCUT2D eigenvalue weighted by Gasteiger charge is 2.00. The highest BCUT2D eigenvalue weighted by molar-refractivity contribution is 7.08. The van der Waals surface area contributed by atoms with E-state index in [2.05, 4.69) is 16.8 Å². The van der Waals surface area contributed by atoms with Crippen LogP contribution in [0.15, 0.2) is 41.1 Å². The summed E-state index contributed by atoms with van der Waals surface area (Å²) < 4.78 is 0. The van der Waals surface area contributed by atoms with E-state index in [0.717, 1.165) is 11.3 Å². The first kappa shape index (κ1) is 9.93. The Kier molecular flexibility index (Phi) is 2.83. The van der Waals surface area contributed by atoms with E-state index in [0.29, 0.717) is 0 Å². The largest absolute Gasteiger partial charge is 0.326 e. The fraction of sp³-hybridized carbons (Fsp3) is 0.0833. The average molecular weight is 217 g/mol. The number of rotatable bonds is 2. The fourth-order valence-corrected chi connectivity index (χ4v) is 2.07. The van der Waals surface area contributed by atoms with E-state index in [-0.39, 0.29) is 5.91 Å². The van der Waals surface area contributed by atoms with Crippen LogP contribution in [0, 0.1) is 0 Å². The quantitative estimate of drug-likeness (QED) is 0.821. The second kappa shape index (κ2) is 4.28.